The smallest absolute Gasteiger partial charge is 0.231 e. The van der Waals surface area contributed by atoms with Crippen LogP contribution in [0.1, 0.15) is 5.56 Å². The Bertz CT molecular complexity index is 1070. The van der Waals surface area contributed by atoms with Gasteiger partial charge in [0.05, 0.1) is 11.1 Å². The number of rotatable bonds is 1. The molecule has 2 aromatic carbocycles. The summed E-state index contributed by atoms with van der Waals surface area (Å²) in [6.45, 7) is 2.33. The predicted molar refractivity (Wildman–Crippen MR) is 86.8 cm³/mol. The first-order chi connectivity index (χ1) is 11.3. The number of aromatic nitrogens is 3. The minimum atomic E-state index is 0.239. The lowest BCUT2D eigenvalue weighted by Crippen LogP contribution is -1.96. The van der Waals surface area contributed by atoms with Gasteiger partial charge in [0, 0.05) is 5.39 Å². The quantitative estimate of drug-likeness (QED) is 0.539. The van der Waals surface area contributed by atoms with E-state index < -0.39 is 0 Å². The molecule has 0 aliphatic carbocycles. The van der Waals surface area contributed by atoms with Crippen LogP contribution in [-0.4, -0.2) is 21.4 Å². The summed E-state index contributed by atoms with van der Waals surface area (Å²) in [4.78, 5) is 0. The first-order valence-electron chi connectivity index (χ1n) is 7.45. The molecule has 0 saturated heterocycles. The van der Waals surface area contributed by atoms with Gasteiger partial charge in [-0.25, -0.2) is 0 Å². The Balaban J connectivity index is 1.91. The number of fused-ring (bicyclic) bond motifs is 4. The van der Waals surface area contributed by atoms with Gasteiger partial charge in [-0.15, -0.1) is 10.2 Å². The summed E-state index contributed by atoms with van der Waals surface area (Å²) >= 11 is 0. The molecule has 0 bridgehead atoms. The van der Waals surface area contributed by atoms with Crippen molar-refractivity contribution in [2.24, 2.45) is 0 Å². The van der Waals surface area contributed by atoms with Gasteiger partial charge in [-0.2, -0.15) is 0 Å². The van der Waals surface area contributed by atoms with E-state index in [4.69, 9.17) is 9.47 Å². The monoisotopic (exact) mass is 303 g/mol. The van der Waals surface area contributed by atoms with Crippen LogP contribution in [0.4, 0.5) is 0 Å². The standard InChI is InChI=1S/C18H13N3O2/c1-11-9-16-19-20-18(21(16)14-7-3-2-5-12(11)14)13-6-4-8-15-17(13)23-10-22-15/h2-9H,10H2,1H3. The zero-order valence-corrected chi connectivity index (χ0v) is 12.5. The number of nitrogens with zero attached hydrogens (tertiary/aromatic N) is 3. The number of aryl methyl sites for hydroxylation is 1. The minimum Gasteiger partial charge on any atom is -0.454 e. The second-order valence-electron chi connectivity index (χ2n) is 5.60. The number of ether oxygens (including phenoxy) is 2. The van der Waals surface area contributed by atoms with Gasteiger partial charge < -0.3 is 9.47 Å². The molecule has 0 radical (unpaired) electrons. The molecule has 23 heavy (non-hydrogen) atoms. The lowest BCUT2D eigenvalue weighted by molar-refractivity contribution is 0.174. The summed E-state index contributed by atoms with van der Waals surface area (Å²) in [6.07, 6.45) is 0. The molecule has 4 aromatic rings. The molecule has 1 aliphatic heterocycles. The van der Waals surface area contributed by atoms with Gasteiger partial charge in [0.25, 0.3) is 0 Å². The molecular formula is C18H13N3O2. The Labute approximate surface area is 132 Å². The van der Waals surface area contributed by atoms with Gasteiger partial charge in [-0.05, 0) is 36.8 Å². The molecule has 1 aliphatic rings. The molecule has 2 aromatic heterocycles. The highest BCUT2D eigenvalue weighted by Gasteiger charge is 2.22. The van der Waals surface area contributed by atoms with Gasteiger partial charge in [-0.1, -0.05) is 24.3 Å². The molecule has 0 amide bonds. The Morgan fingerprint density at radius 3 is 2.87 bits per heavy atom. The number of benzene rings is 2. The predicted octanol–water partition coefficient (Wildman–Crippen LogP) is 3.59. The fourth-order valence-electron chi connectivity index (χ4n) is 3.18. The SMILES string of the molecule is Cc1cc2nnc(-c3cccc4c3OCO4)n2c2ccccc12. The summed E-state index contributed by atoms with van der Waals surface area (Å²) in [5.41, 5.74) is 3.98. The van der Waals surface area contributed by atoms with Gasteiger partial charge in [0.1, 0.15) is 0 Å². The van der Waals surface area contributed by atoms with Crippen LogP contribution in [0.3, 0.4) is 0 Å². The number of pyridine rings is 1. The third-order valence-corrected chi connectivity index (χ3v) is 4.24. The number of para-hydroxylation sites is 2. The van der Waals surface area contributed by atoms with E-state index in [0.717, 1.165) is 34.1 Å². The summed E-state index contributed by atoms with van der Waals surface area (Å²) in [6, 6.07) is 16.2. The first kappa shape index (κ1) is 12.5. The molecule has 5 heteroatoms. The topological polar surface area (TPSA) is 48.7 Å². The van der Waals surface area contributed by atoms with E-state index >= 15 is 0 Å². The van der Waals surface area contributed by atoms with Crippen LogP contribution in [0.25, 0.3) is 27.9 Å². The van der Waals surface area contributed by atoms with Crippen LogP contribution in [0.2, 0.25) is 0 Å². The zero-order valence-electron chi connectivity index (χ0n) is 12.5. The van der Waals surface area contributed by atoms with Crippen molar-refractivity contribution in [2.45, 2.75) is 6.92 Å². The lowest BCUT2D eigenvalue weighted by Gasteiger charge is -2.08. The summed E-state index contributed by atoms with van der Waals surface area (Å²) < 4.78 is 13.2. The molecule has 0 unspecified atom stereocenters. The Hall–Kier alpha value is -3.08. The van der Waals surface area contributed by atoms with E-state index in [1.807, 2.05) is 30.3 Å². The van der Waals surface area contributed by atoms with Gasteiger partial charge in [-0.3, -0.25) is 4.40 Å². The zero-order chi connectivity index (χ0) is 15.4. The van der Waals surface area contributed by atoms with E-state index in [-0.39, 0.29) is 6.79 Å². The normalized spacial score (nSPS) is 13.1. The van der Waals surface area contributed by atoms with Crippen molar-refractivity contribution < 1.29 is 9.47 Å². The highest BCUT2D eigenvalue weighted by Crippen LogP contribution is 2.41. The van der Waals surface area contributed by atoms with Crippen molar-refractivity contribution in [1.82, 2.24) is 14.6 Å². The Morgan fingerprint density at radius 1 is 1.00 bits per heavy atom. The Kier molecular flexibility index (Phi) is 2.42. The van der Waals surface area contributed by atoms with Crippen LogP contribution >= 0.6 is 0 Å². The van der Waals surface area contributed by atoms with Crippen molar-refractivity contribution in [3.8, 4) is 22.9 Å². The van der Waals surface area contributed by atoms with Crippen LogP contribution in [0, 0.1) is 6.92 Å². The van der Waals surface area contributed by atoms with Crippen molar-refractivity contribution in [2.75, 3.05) is 6.79 Å². The first-order valence-corrected chi connectivity index (χ1v) is 7.45. The van der Waals surface area contributed by atoms with Gasteiger partial charge in [0.15, 0.2) is 23.0 Å². The average molecular weight is 303 g/mol. The second-order valence-corrected chi connectivity index (χ2v) is 5.60. The second kappa shape index (κ2) is 4.46. The maximum atomic E-state index is 5.63. The molecule has 0 saturated carbocycles. The molecular weight excluding hydrogens is 290 g/mol. The third-order valence-electron chi connectivity index (χ3n) is 4.24. The number of hydrogen-bond donors (Lipinski definition) is 0. The Morgan fingerprint density at radius 2 is 1.91 bits per heavy atom. The van der Waals surface area contributed by atoms with Crippen LogP contribution in [-0.2, 0) is 0 Å². The molecule has 5 rings (SSSR count). The van der Waals surface area contributed by atoms with E-state index in [2.05, 4.69) is 39.7 Å². The molecule has 0 fully saturated rings. The summed E-state index contributed by atoms with van der Waals surface area (Å²) in [5, 5.41) is 9.95. The fourth-order valence-corrected chi connectivity index (χ4v) is 3.18. The van der Waals surface area contributed by atoms with E-state index in [0.29, 0.717) is 0 Å². The lowest BCUT2D eigenvalue weighted by atomic mass is 10.1. The average Bonchev–Trinajstić information content (AvgIpc) is 3.21. The molecule has 0 atom stereocenters. The van der Waals surface area contributed by atoms with Crippen molar-refractivity contribution in [1.29, 1.82) is 0 Å². The van der Waals surface area contributed by atoms with Crippen LogP contribution < -0.4 is 9.47 Å². The molecule has 3 heterocycles. The highest BCUT2D eigenvalue weighted by atomic mass is 16.7. The maximum Gasteiger partial charge on any atom is 0.231 e. The number of hydrogen-bond acceptors (Lipinski definition) is 4. The van der Waals surface area contributed by atoms with Crippen molar-refractivity contribution >= 4 is 16.6 Å². The third kappa shape index (κ3) is 1.67. The summed E-state index contributed by atoms with van der Waals surface area (Å²) in [5.74, 6) is 2.24. The molecule has 5 nitrogen and oxygen atoms in total. The van der Waals surface area contributed by atoms with E-state index in [1.165, 1.54) is 10.9 Å². The van der Waals surface area contributed by atoms with E-state index in [9.17, 15) is 0 Å². The highest BCUT2D eigenvalue weighted by molar-refractivity contribution is 5.87. The fraction of sp³-hybridized carbons (Fsp3) is 0.111. The minimum absolute atomic E-state index is 0.239. The van der Waals surface area contributed by atoms with Crippen LogP contribution in [0.15, 0.2) is 48.5 Å². The van der Waals surface area contributed by atoms with Gasteiger partial charge >= 0.3 is 0 Å². The maximum absolute atomic E-state index is 5.63. The van der Waals surface area contributed by atoms with E-state index in [1.54, 1.807) is 0 Å². The summed E-state index contributed by atoms with van der Waals surface area (Å²) in [7, 11) is 0. The molecule has 0 N–H and O–H groups in total. The van der Waals surface area contributed by atoms with Crippen LogP contribution in [0.5, 0.6) is 11.5 Å². The molecule has 112 valence electrons. The van der Waals surface area contributed by atoms with Crippen molar-refractivity contribution in [3.63, 3.8) is 0 Å². The van der Waals surface area contributed by atoms with Crippen molar-refractivity contribution in [3.05, 3.63) is 54.1 Å². The molecule has 0 spiro atoms. The largest absolute Gasteiger partial charge is 0.454 e. The van der Waals surface area contributed by atoms with Gasteiger partial charge in [0.2, 0.25) is 6.79 Å².